The average molecular weight is 679 g/mol. The molecular formula is C49H30N2O2. The summed E-state index contributed by atoms with van der Waals surface area (Å²) in [6.45, 7) is 0. The summed E-state index contributed by atoms with van der Waals surface area (Å²) in [5.41, 5.74) is 14.1. The Kier molecular flexibility index (Phi) is 6.43. The van der Waals surface area contributed by atoms with Crippen molar-refractivity contribution >= 4 is 11.0 Å². The van der Waals surface area contributed by atoms with Gasteiger partial charge >= 0.3 is 0 Å². The number of hydrogen-bond acceptors (Lipinski definition) is 4. The van der Waals surface area contributed by atoms with Crippen LogP contribution in [0.2, 0.25) is 0 Å². The van der Waals surface area contributed by atoms with E-state index < -0.39 is 5.41 Å². The van der Waals surface area contributed by atoms with Crippen LogP contribution in [0.15, 0.2) is 187 Å². The summed E-state index contributed by atoms with van der Waals surface area (Å²) in [6, 6.07) is 61.5. The highest BCUT2D eigenvalue weighted by molar-refractivity contribution is 6.02. The number of rotatable bonds is 4. The van der Waals surface area contributed by atoms with Crippen molar-refractivity contribution in [3.63, 3.8) is 0 Å². The molecule has 9 aromatic rings. The fraction of sp³-hybridized carbons (Fsp3) is 0.0204. The van der Waals surface area contributed by atoms with E-state index in [-0.39, 0.29) is 0 Å². The van der Waals surface area contributed by atoms with Crippen LogP contribution in [-0.4, -0.2) is 9.97 Å². The van der Waals surface area contributed by atoms with E-state index in [1.54, 1.807) is 6.26 Å². The molecule has 11 rings (SSSR count). The number of furan rings is 1. The highest BCUT2D eigenvalue weighted by atomic mass is 16.5. The predicted molar refractivity (Wildman–Crippen MR) is 211 cm³/mol. The Labute approximate surface area is 306 Å². The molecule has 0 fully saturated rings. The summed E-state index contributed by atoms with van der Waals surface area (Å²) in [6.07, 6.45) is 1.78. The number of benzene rings is 7. The Morgan fingerprint density at radius 1 is 0.415 bits per heavy atom. The molecule has 1 aliphatic heterocycles. The lowest BCUT2D eigenvalue weighted by Crippen LogP contribution is -2.32. The molecule has 248 valence electrons. The lowest BCUT2D eigenvalue weighted by Gasteiger charge is -2.39. The Bertz CT molecular complexity index is 2860. The Hall–Kier alpha value is -7.04. The molecule has 2 aliphatic rings. The third kappa shape index (κ3) is 4.42. The second kappa shape index (κ2) is 11.5. The van der Waals surface area contributed by atoms with Gasteiger partial charge < -0.3 is 9.15 Å². The van der Waals surface area contributed by atoms with Gasteiger partial charge in [-0.3, -0.25) is 0 Å². The van der Waals surface area contributed by atoms with Crippen LogP contribution < -0.4 is 4.74 Å². The largest absolute Gasteiger partial charge is 0.464 e. The van der Waals surface area contributed by atoms with E-state index in [9.17, 15) is 0 Å². The van der Waals surface area contributed by atoms with Gasteiger partial charge in [0, 0.05) is 38.8 Å². The number of aromatic nitrogens is 2. The zero-order valence-corrected chi connectivity index (χ0v) is 28.5. The van der Waals surface area contributed by atoms with Gasteiger partial charge in [-0.05, 0) is 64.2 Å². The van der Waals surface area contributed by atoms with Gasteiger partial charge in [0.25, 0.3) is 0 Å². The van der Waals surface area contributed by atoms with E-state index in [1.165, 1.54) is 22.3 Å². The monoisotopic (exact) mass is 678 g/mol. The Morgan fingerprint density at radius 2 is 1.02 bits per heavy atom. The highest BCUT2D eigenvalue weighted by Gasteiger charge is 2.52. The minimum Gasteiger partial charge on any atom is -0.464 e. The fourth-order valence-electron chi connectivity index (χ4n) is 8.49. The number of para-hydroxylation sites is 1. The first-order valence-corrected chi connectivity index (χ1v) is 17.9. The van der Waals surface area contributed by atoms with E-state index in [4.69, 9.17) is 19.1 Å². The summed E-state index contributed by atoms with van der Waals surface area (Å²) in [5, 5.41) is 1.08. The van der Waals surface area contributed by atoms with Crippen LogP contribution in [0.5, 0.6) is 11.5 Å². The molecule has 4 heteroatoms. The van der Waals surface area contributed by atoms with Crippen LogP contribution in [-0.2, 0) is 5.41 Å². The maximum absolute atomic E-state index is 6.73. The summed E-state index contributed by atoms with van der Waals surface area (Å²) in [5.74, 6) is 2.31. The second-order valence-corrected chi connectivity index (χ2v) is 13.7. The first-order valence-electron chi connectivity index (χ1n) is 17.9. The van der Waals surface area contributed by atoms with Crippen molar-refractivity contribution in [1.29, 1.82) is 0 Å². The van der Waals surface area contributed by atoms with E-state index in [0.29, 0.717) is 5.82 Å². The summed E-state index contributed by atoms with van der Waals surface area (Å²) in [4.78, 5) is 10.5. The molecule has 4 nitrogen and oxygen atoms in total. The highest BCUT2D eigenvalue weighted by Crippen LogP contribution is 2.63. The first kappa shape index (κ1) is 29.7. The van der Waals surface area contributed by atoms with E-state index >= 15 is 0 Å². The lowest BCUT2D eigenvalue weighted by molar-refractivity contribution is 0.436. The van der Waals surface area contributed by atoms with E-state index in [1.807, 2.05) is 36.4 Å². The molecule has 1 atom stereocenters. The molecular weight excluding hydrogens is 649 g/mol. The molecule has 2 aromatic heterocycles. The van der Waals surface area contributed by atoms with Gasteiger partial charge in [-0.15, -0.1) is 0 Å². The van der Waals surface area contributed by atoms with Gasteiger partial charge in [0.05, 0.1) is 23.1 Å². The van der Waals surface area contributed by atoms with Gasteiger partial charge in [0.2, 0.25) is 0 Å². The van der Waals surface area contributed by atoms with Crippen LogP contribution >= 0.6 is 0 Å². The van der Waals surface area contributed by atoms with E-state index in [2.05, 4.69) is 140 Å². The van der Waals surface area contributed by atoms with Crippen LogP contribution in [0, 0.1) is 0 Å². The predicted octanol–water partition coefficient (Wildman–Crippen LogP) is 12.4. The summed E-state index contributed by atoms with van der Waals surface area (Å²) >= 11 is 0. The van der Waals surface area contributed by atoms with Crippen molar-refractivity contribution < 1.29 is 9.15 Å². The number of nitrogens with zero attached hydrogens (tertiary/aromatic N) is 2. The molecule has 0 saturated carbocycles. The molecule has 1 unspecified atom stereocenters. The normalized spacial score (nSPS) is 15.0. The topological polar surface area (TPSA) is 48.2 Å². The molecule has 0 N–H and O–H groups in total. The molecule has 1 spiro atoms. The van der Waals surface area contributed by atoms with Crippen molar-refractivity contribution in [2.75, 3.05) is 0 Å². The van der Waals surface area contributed by atoms with Crippen molar-refractivity contribution in [1.82, 2.24) is 9.97 Å². The Morgan fingerprint density at radius 3 is 1.81 bits per heavy atom. The third-order valence-electron chi connectivity index (χ3n) is 10.9. The van der Waals surface area contributed by atoms with Gasteiger partial charge in [-0.1, -0.05) is 140 Å². The molecule has 1 aliphatic carbocycles. The number of hydrogen-bond donors (Lipinski definition) is 0. The SMILES string of the molecule is c1ccc(-c2ccc(-c3cc(-c4ccccc4)nc(-c4ccc5c(c4)C4(c6ccccc6O5)c5ccccc5-c5c4ccc4ccoc54)n3)cc2)cc1. The quantitative estimate of drug-likeness (QED) is 0.186. The summed E-state index contributed by atoms with van der Waals surface area (Å²) in [7, 11) is 0. The second-order valence-electron chi connectivity index (χ2n) is 13.7. The number of ether oxygens (including phenoxy) is 1. The lowest BCUT2D eigenvalue weighted by atomic mass is 9.66. The maximum atomic E-state index is 6.73. The fourth-order valence-corrected chi connectivity index (χ4v) is 8.49. The minimum atomic E-state index is -0.653. The van der Waals surface area contributed by atoms with Gasteiger partial charge in [0.1, 0.15) is 17.1 Å². The van der Waals surface area contributed by atoms with Crippen LogP contribution in [0.1, 0.15) is 22.3 Å². The zero-order chi connectivity index (χ0) is 34.9. The molecule has 0 saturated heterocycles. The van der Waals surface area contributed by atoms with Gasteiger partial charge in [0.15, 0.2) is 5.82 Å². The molecule has 3 heterocycles. The molecule has 0 bridgehead atoms. The summed E-state index contributed by atoms with van der Waals surface area (Å²) < 4.78 is 12.9. The van der Waals surface area contributed by atoms with Crippen LogP contribution in [0.3, 0.4) is 0 Å². The molecule has 53 heavy (non-hydrogen) atoms. The smallest absolute Gasteiger partial charge is 0.160 e. The molecule has 0 amide bonds. The van der Waals surface area contributed by atoms with Crippen molar-refractivity contribution in [2.24, 2.45) is 0 Å². The first-order chi connectivity index (χ1) is 26.3. The van der Waals surface area contributed by atoms with Gasteiger partial charge in [-0.2, -0.15) is 0 Å². The number of fused-ring (bicyclic) bond motifs is 11. The van der Waals surface area contributed by atoms with E-state index in [0.717, 1.165) is 72.8 Å². The third-order valence-corrected chi connectivity index (χ3v) is 10.9. The van der Waals surface area contributed by atoms with Crippen molar-refractivity contribution in [3.8, 4) is 67.7 Å². The van der Waals surface area contributed by atoms with Crippen LogP contribution in [0.4, 0.5) is 0 Å². The van der Waals surface area contributed by atoms with Crippen LogP contribution in [0.25, 0.3) is 67.1 Å². The van der Waals surface area contributed by atoms with Crippen molar-refractivity contribution in [2.45, 2.75) is 5.41 Å². The molecule has 0 radical (unpaired) electrons. The van der Waals surface area contributed by atoms with Gasteiger partial charge in [-0.25, -0.2) is 9.97 Å². The molecule has 7 aromatic carbocycles. The zero-order valence-electron chi connectivity index (χ0n) is 28.5. The standard InChI is InChI=1S/C49H30N2O2/c1-3-11-31(12-4-1)32-19-21-34(22-20-32)43-30-42(33-13-5-2-6-14-33)50-48(51-43)36-24-26-45-41(29-36)49(39-17-9-10-18-44(39)53-45)38-16-8-7-15-37(38)46-40(49)25-23-35-27-28-52-47(35)46/h1-30H. The average Bonchev–Trinajstić information content (AvgIpc) is 3.83. The van der Waals surface area contributed by atoms with Crippen molar-refractivity contribution in [3.05, 3.63) is 204 Å². The maximum Gasteiger partial charge on any atom is 0.160 e. The Balaban J connectivity index is 1.14. The minimum absolute atomic E-state index is 0.651.